The highest BCUT2D eigenvalue weighted by atomic mass is 19.4. The molecule has 0 spiro atoms. The standard InChI is InChI=1S/C33H30F6O2/c1-21(2)23-5-13-27(14-6-23)40-29-17-9-25(10-18-29)31(32(34,35)36,33(37,38)39)26-11-19-30(20-12-26)41-28-15-7-24(8-16-28)22(3)4/h5-22H,1-4H3. The van der Waals surface area contributed by atoms with Crippen molar-refractivity contribution in [3.05, 3.63) is 119 Å². The molecule has 0 saturated heterocycles. The Labute approximate surface area is 235 Å². The summed E-state index contributed by atoms with van der Waals surface area (Å²) in [4.78, 5) is 0. The van der Waals surface area contributed by atoms with Crippen molar-refractivity contribution in [1.82, 2.24) is 0 Å². The second-order valence-corrected chi connectivity index (χ2v) is 10.4. The summed E-state index contributed by atoms with van der Waals surface area (Å²) < 4.78 is 98.7. The Bertz CT molecular complexity index is 1310. The molecular formula is C33H30F6O2. The van der Waals surface area contributed by atoms with Crippen LogP contribution in [0.5, 0.6) is 23.0 Å². The molecule has 8 heteroatoms. The average Bonchev–Trinajstić information content (AvgIpc) is 2.90. The van der Waals surface area contributed by atoms with Gasteiger partial charge in [0, 0.05) is 0 Å². The minimum Gasteiger partial charge on any atom is -0.457 e. The highest BCUT2D eigenvalue weighted by Crippen LogP contribution is 2.56. The molecule has 0 bridgehead atoms. The molecule has 4 aromatic rings. The summed E-state index contributed by atoms with van der Waals surface area (Å²) in [5, 5.41) is 0. The maximum absolute atomic E-state index is 14.6. The first-order valence-corrected chi connectivity index (χ1v) is 13.1. The molecule has 0 aliphatic rings. The molecule has 0 unspecified atom stereocenters. The molecule has 0 amide bonds. The van der Waals surface area contributed by atoms with Gasteiger partial charge in [-0.2, -0.15) is 26.3 Å². The third-order valence-corrected chi connectivity index (χ3v) is 6.99. The largest absolute Gasteiger partial charge is 0.457 e. The number of halogens is 6. The fourth-order valence-corrected chi connectivity index (χ4v) is 4.64. The third kappa shape index (κ3) is 6.21. The Hall–Kier alpha value is -3.94. The van der Waals surface area contributed by atoms with Crippen LogP contribution in [0, 0.1) is 0 Å². The monoisotopic (exact) mass is 572 g/mol. The number of rotatable bonds is 8. The van der Waals surface area contributed by atoms with Crippen molar-refractivity contribution >= 4 is 0 Å². The Morgan fingerprint density at radius 1 is 0.415 bits per heavy atom. The van der Waals surface area contributed by atoms with Crippen molar-refractivity contribution in [2.75, 3.05) is 0 Å². The molecule has 0 heterocycles. The van der Waals surface area contributed by atoms with E-state index in [9.17, 15) is 26.3 Å². The summed E-state index contributed by atoms with van der Waals surface area (Å²) in [6, 6.07) is 21.8. The zero-order chi connectivity index (χ0) is 30.0. The molecule has 0 aliphatic heterocycles. The summed E-state index contributed by atoms with van der Waals surface area (Å²) in [5.74, 6) is 1.62. The predicted molar refractivity (Wildman–Crippen MR) is 147 cm³/mol. The van der Waals surface area contributed by atoms with Gasteiger partial charge in [-0.25, -0.2) is 0 Å². The molecule has 0 aromatic heterocycles. The SMILES string of the molecule is CC(C)c1ccc(Oc2ccc(C(c3ccc(Oc4ccc(C(C)C)cc4)cc3)(C(F)(F)F)C(F)(F)F)cc2)cc1. The summed E-state index contributed by atoms with van der Waals surface area (Å²) in [6.45, 7) is 8.09. The lowest BCUT2D eigenvalue weighted by molar-refractivity contribution is -0.288. The molecule has 4 aromatic carbocycles. The summed E-state index contributed by atoms with van der Waals surface area (Å²) in [5.41, 5.74) is -4.09. The fraction of sp³-hybridized carbons (Fsp3) is 0.273. The van der Waals surface area contributed by atoms with E-state index in [1.807, 2.05) is 52.0 Å². The fourth-order valence-electron chi connectivity index (χ4n) is 4.64. The van der Waals surface area contributed by atoms with Crippen LogP contribution >= 0.6 is 0 Å². The molecule has 2 nitrogen and oxygen atoms in total. The maximum Gasteiger partial charge on any atom is 0.411 e. The van der Waals surface area contributed by atoms with E-state index in [0.29, 0.717) is 11.5 Å². The Kier molecular flexibility index (Phi) is 8.43. The predicted octanol–water partition coefficient (Wildman–Crippen LogP) is 10.9. The zero-order valence-electron chi connectivity index (χ0n) is 23.0. The van der Waals surface area contributed by atoms with Gasteiger partial charge in [0.1, 0.15) is 23.0 Å². The van der Waals surface area contributed by atoms with Crippen LogP contribution in [0.1, 0.15) is 61.8 Å². The minimum atomic E-state index is -5.70. The van der Waals surface area contributed by atoms with E-state index in [0.717, 1.165) is 59.7 Å². The third-order valence-electron chi connectivity index (χ3n) is 6.99. The average molecular weight is 573 g/mol. The molecule has 216 valence electrons. The highest BCUT2D eigenvalue weighted by molar-refractivity contribution is 5.48. The van der Waals surface area contributed by atoms with E-state index in [-0.39, 0.29) is 23.3 Å². The van der Waals surface area contributed by atoms with Gasteiger partial charge in [0.2, 0.25) is 5.41 Å². The second kappa shape index (κ2) is 11.5. The number of alkyl halides is 6. The van der Waals surface area contributed by atoms with Gasteiger partial charge < -0.3 is 9.47 Å². The van der Waals surface area contributed by atoms with Crippen molar-refractivity contribution in [2.24, 2.45) is 0 Å². The van der Waals surface area contributed by atoms with Gasteiger partial charge in [-0.3, -0.25) is 0 Å². The lowest BCUT2D eigenvalue weighted by atomic mass is 9.73. The molecule has 4 rings (SSSR count). The first-order chi connectivity index (χ1) is 19.2. The topological polar surface area (TPSA) is 18.5 Å². The molecule has 0 atom stereocenters. The van der Waals surface area contributed by atoms with Gasteiger partial charge >= 0.3 is 12.4 Å². The molecule has 0 N–H and O–H groups in total. The smallest absolute Gasteiger partial charge is 0.411 e. The van der Waals surface area contributed by atoms with Crippen molar-refractivity contribution in [3.8, 4) is 23.0 Å². The molecule has 0 saturated carbocycles. The van der Waals surface area contributed by atoms with Gasteiger partial charge in [-0.05, 0) is 82.6 Å². The molecular weight excluding hydrogens is 542 g/mol. The summed E-state index contributed by atoms with van der Waals surface area (Å²) in [7, 11) is 0. The first kappa shape index (κ1) is 30.0. The maximum atomic E-state index is 14.6. The lowest BCUT2D eigenvalue weighted by Crippen LogP contribution is -2.54. The van der Waals surface area contributed by atoms with E-state index in [2.05, 4.69) is 0 Å². The van der Waals surface area contributed by atoms with Crippen molar-refractivity contribution in [2.45, 2.75) is 57.3 Å². The van der Waals surface area contributed by atoms with E-state index in [1.54, 1.807) is 24.3 Å². The molecule has 0 fully saturated rings. The van der Waals surface area contributed by atoms with Gasteiger partial charge in [-0.15, -0.1) is 0 Å². The Balaban J connectivity index is 1.66. The van der Waals surface area contributed by atoms with Gasteiger partial charge in [0.05, 0.1) is 0 Å². The quantitative estimate of drug-likeness (QED) is 0.196. The van der Waals surface area contributed by atoms with Gasteiger partial charge in [-0.1, -0.05) is 76.2 Å². The number of hydrogen-bond donors (Lipinski definition) is 0. The van der Waals surface area contributed by atoms with Gasteiger partial charge in [0.25, 0.3) is 0 Å². The van der Waals surface area contributed by atoms with E-state index in [4.69, 9.17) is 9.47 Å². The zero-order valence-corrected chi connectivity index (χ0v) is 23.0. The second-order valence-electron chi connectivity index (χ2n) is 10.4. The molecule has 41 heavy (non-hydrogen) atoms. The van der Waals surface area contributed by atoms with Crippen LogP contribution in [0.2, 0.25) is 0 Å². The van der Waals surface area contributed by atoms with Crippen molar-refractivity contribution in [1.29, 1.82) is 0 Å². The normalized spacial score (nSPS) is 12.6. The van der Waals surface area contributed by atoms with Crippen molar-refractivity contribution < 1.29 is 35.8 Å². The van der Waals surface area contributed by atoms with Crippen LogP contribution in [-0.4, -0.2) is 12.4 Å². The van der Waals surface area contributed by atoms with Crippen LogP contribution in [0.15, 0.2) is 97.1 Å². The van der Waals surface area contributed by atoms with Gasteiger partial charge in [0.15, 0.2) is 0 Å². The van der Waals surface area contributed by atoms with Crippen LogP contribution < -0.4 is 9.47 Å². The highest BCUT2D eigenvalue weighted by Gasteiger charge is 2.72. The van der Waals surface area contributed by atoms with Crippen LogP contribution in [0.25, 0.3) is 0 Å². The first-order valence-electron chi connectivity index (χ1n) is 13.1. The van der Waals surface area contributed by atoms with E-state index < -0.39 is 28.9 Å². The minimum absolute atomic E-state index is 0.108. The van der Waals surface area contributed by atoms with Crippen molar-refractivity contribution in [3.63, 3.8) is 0 Å². The Morgan fingerprint density at radius 2 is 0.659 bits per heavy atom. The Morgan fingerprint density at radius 3 is 0.878 bits per heavy atom. The number of ether oxygens (including phenoxy) is 2. The summed E-state index contributed by atoms with van der Waals surface area (Å²) in [6.07, 6.45) is -11.4. The van der Waals surface area contributed by atoms with Crippen LogP contribution in [0.4, 0.5) is 26.3 Å². The number of benzene rings is 4. The number of hydrogen-bond acceptors (Lipinski definition) is 2. The molecule has 0 aliphatic carbocycles. The van der Waals surface area contributed by atoms with E-state index in [1.165, 1.54) is 0 Å². The summed E-state index contributed by atoms with van der Waals surface area (Å²) >= 11 is 0. The van der Waals surface area contributed by atoms with Crippen LogP contribution in [0.3, 0.4) is 0 Å². The van der Waals surface area contributed by atoms with E-state index >= 15 is 0 Å². The lowest BCUT2D eigenvalue weighted by Gasteiger charge is -2.38. The van der Waals surface area contributed by atoms with Crippen LogP contribution in [-0.2, 0) is 5.41 Å². The molecule has 0 radical (unpaired) electrons.